The lowest BCUT2D eigenvalue weighted by Crippen LogP contribution is -2.24. The summed E-state index contributed by atoms with van der Waals surface area (Å²) in [6, 6.07) is 2.26. The summed E-state index contributed by atoms with van der Waals surface area (Å²) >= 11 is 0. The number of aromatic nitrogens is 3. The molecule has 0 unspecified atom stereocenters. The number of hydrogen-bond donors (Lipinski definition) is 3. The first-order valence-corrected chi connectivity index (χ1v) is 8.39. The lowest BCUT2D eigenvalue weighted by Gasteiger charge is -2.05. The zero-order valence-electron chi connectivity index (χ0n) is 11.8. The fraction of sp³-hybridized carbons (Fsp3) is 0.462. The van der Waals surface area contributed by atoms with Crippen LogP contribution in [-0.2, 0) is 30.2 Å². The molecule has 1 saturated carbocycles. The molecule has 0 radical (unpaired) electrons. The molecule has 1 fully saturated rings. The van der Waals surface area contributed by atoms with Crippen LogP contribution in [0.2, 0.25) is 0 Å². The van der Waals surface area contributed by atoms with E-state index in [2.05, 4.69) is 20.0 Å². The predicted molar refractivity (Wildman–Crippen MR) is 77.9 cm³/mol. The highest BCUT2D eigenvalue weighted by Gasteiger charge is 2.21. The molecule has 0 bridgehead atoms. The molecule has 3 N–H and O–H groups in total. The molecule has 0 atom stereocenters. The molecule has 3 rings (SSSR count). The van der Waals surface area contributed by atoms with E-state index >= 15 is 0 Å². The van der Waals surface area contributed by atoms with Crippen LogP contribution in [0.3, 0.4) is 0 Å². The Balaban J connectivity index is 1.62. The molecule has 8 heteroatoms. The van der Waals surface area contributed by atoms with Gasteiger partial charge in [-0.25, -0.2) is 18.1 Å². The number of nitrogens with one attached hydrogen (secondary N) is 3. The van der Waals surface area contributed by atoms with E-state index in [-0.39, 0.29) is 11.4 Å². The molecule has 0 aromatic carbocycles. The number of aryl methyl sites for hydroxylation is 1. The van der Waals surface area contributed by atoms with Crippen LogP contribution in [0.4, 0.5) is 0 Å². The lowest BCUT2D eigenvalue weighted by molar-refractivity contribution is 0.577. The molecule has 114 valence electrons. The first-order chi connectivity index (χ1) is 10.0. The van der Waals surface area contributed by atoms with Gasteiger partial charge in [0.1, 0.15) is 5.82 Å². The van der Waals surface area contributed by atoms with Gasteiger partial charge in [-0.3, -0.25) is 0 Å². The zero-order chi connectivity index (χ0) is 14.9. The maximum absolute atomic E-state index is 12.2. The average molecular weight is 309 g/mol. The summed E-state index contributed by atoms with van der Waals surface area (Å²) in [7, 11) is -1.69. The number of imidazole rings is 1. The Morgan fingerprint density at radius 1 is 1.43 bits per heavy atom. The van der Waals surface area contributed by atoms with Crippen molar-refractivity contribution in [2.24, 2.45) is 7.05 Å². The molecule has 2 heterocycles. The highest BCUT2D eigenvalue weighted by molar-refractivity contribution is 7.89. The minimum absolute atomic E-state index is 0.173. The van der Waals surface area contributed by atoms with E-state index in [0.29, 0.717) is 18.4 Å². The van der Waals surface area contributed by atoms with Crippen LogP contribution in [0, 0.1) is 0 Å². The Bertz CT molecular complexity index is 715. The van der Waals surface area contributed by atoms with Crippen molar-refractivity contribution in [2.45, 2.75) is 36.9 Å². The highest BCUT2D eigenvalue weighted by Crippen LogP contribution is 2.19. The van der Waals surface area contributed by atoms with Gasteiger partial charge in [0.2, 0.25) is 10.0 Å². The Hall–Kier alpha value is -1.64. The number of aromatic amines is 1. The zero-order valence-corrected chi connectivity index (χ0v) is 12.7. The quantitative estimate of drug-likeness (QED) is 0.693. The minimum atomic E-state index is -3.52. The van der Waals surface area contributed by atoms with Gasteiger partial charge in [-0.15, -0.1) is 0 Å². The van der Waals surface area contributed by atoms with Crippen molar-refractivity contribution in [1.29, 1.82) is 0 Å². The van der Waals surface area contributed by atoms with Gasteiger partial charge in [-0.1, -0.05) is 0 Å². The van der Waals surface area contributed by atoms with Crippen LogP contribution in [-0.4, -0.2) is 29.0 Å². The van der Waals surface area contributed by atoms with Crippen molar-refractivity contribution in [3.8, 4) is 0 Å². The molecule has 0 amide bonds. The SMILES string of the molecule is Cn1ccnc1CNS(=O)(=O)c1c[nH]c(CNC2CC2)c1. The fourth-order valence-corrected chi connectivity index (χ4v) is 3.02. The molecule has 21 heavy (non-hydrogen) atoms. The van der Waals surface area contributed by atoms with Crippen LogP contribution < -0.4 is 10.0 Å². The van der Waals surface area contributed by atoms with Crippen LogP contribution in [0.15, 0.2) is 29.6 Å². The third-order valence-corrected chi connectivity index (χ3v) is 4.91. The van der Waals surface area contributed by atoms with E-state index in [1.54, 1.807) is 23.0 Å². The first kappa shape index (κ1) is 14.3. The smallest absolute Gasteiger partial charge is 0.242 e. The largest absolute Gasteiger partial charge is 0.363 e. The summed E-state index contributed by atoms with van der Waals surface area (Å²) in [6.45, 7) is 0.840. The minimum Gasteiger partial charge on any atom is -0.363 e. The van der Waals surface area contributed by atoms with Crippen LogP contribution in [0.5, 0.6) is 0 Å². The number of hydrogen-bond acceptors (Lipinski definition) is 4. The van der Waals surface area contributed by atoms with Crippen LogP contribution in [0.25, 0.3) is 0 Å². The molecule has 0 aliphatic heterocycles. The third-order valence-electron chi connectivity index (χ3n) is 3.53. The van der Waals surface area contributed by atoms with Crippen molar-refractivity contribution in [3.05, 3.63) is 36.2 Å². The van der Waals surface area contributed by atoms with Crippen molar-refractivity contribution in [2.75, 3.05) is 0 Å². The second-order valence-corrected chi connectivity index (χ2v) is 7.06. The van der Waals surface area contributed by atoms with Gasteiger partial charge in [0.05, 0.1) is 11.4 Å². The number of H-pyrrole nitrogens is 1. The van der Waals surface area contributed by atoms with Crippen molar-refractivity contribution < 1.29 is 8.42 Å². The molecular weight excluding hydrogens is 290 g/mol. The number of nitrogens with zero attached hydrogens (tertiary/aromatic N) is 2. The van der Waals surface area contributed by atoms with E-state index in [1.807, 2.05) is 7.05 Å². The summed E-state index contributed by atoms with van der Waals surface area (Å²) in [5.74, 6) is 0.671. The summed E-state index contributed by atoms with van der Waals surface area (Å²) in [5, 5.41) is 3.34. The summed E-state index contributed by atoms with van der Waals surface area (Å²) < 4.78 is 28.8. The molecule has 2 aromatic rings. The molecular formula is C13H19N5O2S. The van der Waals surface area contributed by atoms with E-state index in [9.17, 15) is 8.42 Å². The Morgan fingerprint density at radius 2 is 2.24 bits per heavy atom. The van der Waals surface area contributed by atoms with Gasteiger partial charge in [0.25, 0.3) is 0 Å². The van der Waals surface area contributed by atoms with E-state index in [1.165, 1.54) is 19.0 Å². The second kappa shape index (κ2) is 5.63. The van der Waals surface area contributed by atoms with Gasteiger partial charge < -0.3 is 14.9 Å². The number of sulfonamides is 1. The number of rotatable bonds is 7. The normalized spacial score (nSPS) is 15.5. The van der Waals surface area contributed by atoms with Gasteiger partial charge in [0.15, 0.2) is 0 Å². The van der Waals surface area contributed by atoms with Gasteiger partial charge in [0, 0.05) is 43.9 Å². The van der Waals surface area contributed by atoms with Crippen LogP contribution >= 0.6 is 0 Å². The van der Waals surface area contributed by atoms with Gasteiger partial charge in [-0.2, -0.15) is 0 Å². The summed E-state index contributed by atoms with van der Waals surface area (Å²) in [6.07, 6.45) is 7.35. The molecule has 2 aromatic heterocycles. The Kier molecular flexibility index (Phi) is 3.83. The van der Waals surface area contributed by atoms with E-state index < -0.39 is 10.0 Å². The monoisotopic (exact) mass is 309 g/mol. The summed E-state index contributed by atoms with van der Waals surface area (Å²) in [4.78, 5) is 7.34. The molecule has 0 spiro atoms. The molecule has 1 aliphatic carbocycles. The summed E-state index contributed by atoms with van der Waals surface area (Å²) in [5.41, 5.74) is 0.874. The van der Waals surface area contributed by atoms with Crippen molar-refractivity contribution in [1.82, 2.24) is 24.6 Å². The van der Waals surface area contributed by atoms with Gasteiger partial charge in [-0.05, 0) is 18.9 Å². The maximum atomic E-state index is 12.2. The maximum Gasteiger partial charge on any atom is 0.242 e. The third kappa shape index (κ3) is 3.52. The second-order valence-electron chi connectivity index (χ2n) is 5.29. The molecule has 1 aliphatic rings. The first-order valence-electron chi connectivity index (χ1n) is 6.91. The fourth-order valence-electron chi connectivity index (χ4n) is 2.03. The van der Waals surface area contributed by atoms with E-state index in [0.717, 1.165) is 5.69 Å². The predicted octanol–water partition coefficient (Wildman–Crippen LogP) is 0.479. The van der Waals surface area contributed by atoms with E-state index in [4.69, 9.17) is 0 Å². The molecule has 0 saturated heterocycles. The highest BCUT2D eigenvalue weighted by atomic mass is 32.2. The van der Waals surface area contributed by atoms with Gasteiger partial charge >= 0.3 is 0 Å². The lowest BCUT2D eigenvalue weighted by atomic mass is 10.4. The topological polar surface area (TPSA) is 91.8 Å². The Labute approximate surface area is 123 Å². The van der Waals surface area contributed by atoms with Crippen molar-refractivity contribution in [3.63, 3.8) is 0 Å². The average Bonchev–Trinajstić information content (AvgIpc) is 2.98. The molecule has 7 nitrogen and oxygen atoms in total. The van der Waals surface area contributed by atoms with Crippen LogP contribution in [0.1, 0.15) is 24.4 Å². The standard InChI is InChI=1S/C13H19N5O2S/c1-18-5-4-14-13(18)9-17-21(19,20)12-6-11(16-8-12)7-15-10-2-3-10/h4-6,8,10,15-17H,2-3,7,9H2,1H3. The van der Waals surface area contributed by atoms with Crippen molar-refractivity contribution >= 4 is 10.0 Å². The Morgan fingerprint density at radius 3 is 2.90 bits per heavy atom.